The molecule has 1 unspecified atom stereocenters. The topological polar surface area (TPSA) is 183 Å². The van der Waals surface area contributed by atoms with Crippen molar-refractivity contribution in [1.82, 2.24) is 19.5 Å². The van der Waals surface area contributed by atoms with Gasteiger partial charge in [0.15, 0.2) is 17.0 Å². The summed E-state index contributed by atoms with van der Waals surface area (Å²) in [7, 11) is -4.09. The Morgan fingerprint density at radius 2 is 1.56 bits per heavy atom. The van der Waals surface area contributed by atoms with Crippen LogP contribution in [0.15, 0.2) is 12.7 Å². The van der Waals surface area contributed by atoms with Crippen molar-refractivity contribution in [2.45, 2.75) is 66.2 Å². The summed E-state index contributed by atoms with van der Waals surface area (Å²) < 4.78 is 49.8. The highest BCUT2D eigenvalue weighted by molar-refractivity contribution is 7.53. The van der Waals surface area contributed by atoms with Crippen LogP contribution in [0.2, 0.25) is 0 Å². The van der Waals surface area contributed by atoms with Crippen LogP contribution < -0.4 is 4.90 Å². The maximum Gasteiger partial charge on any atom is 0.510 e. The van der Waals surface area contributed by atoms with Gasteiger partial charge < -0.3 is 38.3 Å². The zero-order valence-electron chi connectivity index (χ0n) is 24.3. The number of carbonyl (C=O) groups is 2. The van der Waals surface area contributed by atoms with E-state index in [1.807, 2.05) is 13.8 Å². The molecule has 0 aromatic carbocycles. The fourth-order valence-electron chi connectivity index (χ4n) is 3.45. The molecule has 0 spiro atoms. The molecular weight excluding hydrogens is 565 g/mol. The lowest BCUT2D eigenvalue weighted by atomic mass is 10.2. The molecule has 232 valence electrons. The van der Waals surface area contributed by atoms with Gasteiger partial charge in [-0.2, -0.15) is 0 Å². The minimum absolute atomic E-state index is 0.0160. The summed E-state index contributed by atoms with van der Waals surface area (Å²) in [4.78, 5) is 38.4. The average molecular weight is 606 g/mol. The monoisotopic (exact) mass is 605 g/mol. The van der Waals surface area contributed by atoms with Gasteiger partial charge in [0.25, 0.3) is 0 Å². The molecule has 0 aliphatic carbocycles. The van der Waals surface area contributed by atoms with Crippen LogP contribution in [0, 0.1) is 0 Å². The number of aliphatic hydroxyl groups excluding tert-OH is 1. The van der Waals surface area contributed by atoms with E-state index in [-0.39, 0.29) is 19.6 Å². The fraction of sp³-hybridized carbons (Fsp3) is 0.708. The summed E-state index contributed by atoms with van der Waals surface area (Å²) in [6, 6.07) is -0.469. The SMILES string of the molecule is CCN(CC)c1ncnc2c1ncn2C(CO)CCOCP(=O)(OCOC(=O)OC(C)C)OCOC(=O)OC(C)C. The molecule has 0 bridgehead atoms. The van der Waals surface area contributed by atoms with Crippen LogP contribution in [-0.4, -0.2) is 95.4 Å². The number of imidazole rings is 1. The third kappa shape index (κ3) is 11.0. The molecule has 2 rings (SSSR count). The Morgan fingerprint density at radius 1 is 0.976 bits per heavy atom. The number of carbonyl (C=O) groups excluding carboxylic acids is 2. The van der Waals surface area contributed by atoms with Crippen LogP contribution in [0.5, 0.6) is 0 Å². The molecule has 0 amide bonds. The number of ether oxygens (including phenoxy) is 5. The first-order valence-electron chi connectivity index (χ1n) is 13.2. The lowest BCUT2D eigenvalue weighted by Gasteiger charge is -2.21. The number of fused-ring (bicyclic) bond motifs is 1. The maximum absolute atomic E-state index is 13.2. The Kier molecular flexibility index (Phi) is 14.2. The summed E-state index contributed by atoms with van der Waals surface area (Å²) >= 11 is 0. The molecule has 16 nitrogen and oxygen atoms in total. The lowest BCUT2D eigenvalue weighted by molar-refractivity contribution is -0.0345. The van der Waals surface area contributed by atoms with Crippen molar-refractivity contribution in [3.05, 3.63) is 12.7 Å². The molecule has 0 aliphatic rings. The summed E-state index contributed by atoms with van der Waals surface area (Å²) in [6.07, 6.45) is -0.205. The second kappa shape index (κ2) is 17.0. The number of aliphatic hydroxyl groups is 1. The summed E-state index contributed by atoms with van der Waals surface area (Å²) in [5.41, 5.74) is 1.16. The number of hydrogen-bond donors (Lipinski definition) is 1. The molecule has 0 aliphatic heterocycles. The van der Waals surface area contributed by atoms with Crippen LogP contribution in [0.3, 0.4) is 0 Å². The summed E-state index contributed by atoms with van der Waals surface area (Å²) in [5, 5.41) is 10.1. The van der Waals surface area contributed by atoms with Crippen molar-refractivity contribution >= 4 is 36.9 Å². The Hall–Kier alpha value is -3.04. The lowest BCUT2D eigenvalue weighted by Crippen LogP contribution is -2.23. The molecule has 0 fully saturated rings. The first-order valence-corrected chi connectivity index (χ1v) is 14.9. The number of nitrogens with zero attached hydrogens (tertiary/aromatic N) is 5. The third-order valence-corrected chi connectivity index (χ3v) is 6.86. The van der Waals surface area contributed by atoms with Gasteiger partial charge in [-0.1, -0.05) is 0 Å². The van der Waals surface area contributed by atoms with E-state index < -0.39 is 58.1 Å². The Labute approximate surface area is 238 Å². The van der Waals surface area contributed by atoms with Gasteiger partial charge in [0.05, 0.1) is 31.2 Å². The first kappa shape index (κ1) is 34.2. The van der Waals surface area contributed by atoms with Crippen LogP contribution in [0.4, 0.5) is 15.4 Å². The molecule has 2 aromatic rings. The van der Waals surface area contributed by atoms with Crippen molar-refractivity contribution in [2.75, 3.05) is 51.1 Å². The van der Waals surface area contributed by atoms with E-state index in [4.69, 9.17) is 32.7 Å². The predicted octanol–water partition coefficient (Wildman–Crippen LogP) is 3.83. The Morgan fingerprint density at radius 3 is 2.07 bits per heavy atom. The van der Waals surface area contributed by atoms with E-state index in [1.54, 1.807) is 38.6 Å². The average Bonchev–Trinajstić information content (AvgIpc) is 3.33. The number of aromatic nitrogens is 4. The first-order chi connectivity index (χ1) is 19.5. The highest BCUT2D eigenvalue weighted by Gasteiger charge is 2.28. The van der Waals surface area contributed by atoms with Crippen molar-refractivity contribution < 1.29 is 52.0 Å². The van der Waals surface area contributed by atoms with Crippen LogP contribution in [0.1, 0.15) is 54.0 Å². The standard InChI is InChI=1S/C24H40N5O11P/c1-7-28(8-2)21-20-22(26-12-25-21)29(13-27-20)19(11-30)9-10-34-16-41(33,37-14-35-23(31)39-17(3)4)38-15-36-24(32)40-18(5)6/h12-13,17-19,30H,7-11,14-16H2,1-6H3. The maximum atomic E-state index is 13.2. The zero-order chi connectivity index (χ0) is 30.4. The van der Waals surface area contributed by atoms with E-state index in [0.717, 1.165) is 13.1 Å². The van der Waals surface area contributed by atoms with Gasteiger partial charge in [-0.25, -0.2) is 24.5 Å². The number of rotatable bonds is 18. The summed E-state index contributed by atoms with van der Waals surface area (Å²) in [6.45, 7) is 10.2. The highest BCUT2D eigenvalue weighted by Crippen LogP contribution is 2.48. The second-order valence-electron chi connectivity index (χ2n) is 9.08. The fourth-order valence-corrected chi connectivity index (χ4v) is 4.45. The molecule has 17 heteroatoms. The van der Waals surface area contributed by atoms with Gasteiger partial charge in [-0.05, 0) is 48.0 Å². The minimum Gasteiger partial charge on any atom is -0.432 e. The van der Waals surface area contributed by atoms with E-state index in [0.29, 0.717) is 17.0 Å². The van der Waals surface area contributed by atoms with E-state index in [1.165, 1.54) is 6.33 Å². The van der Waals surface area contributed by atoms with Gasteiger partial charge in [0, 0.05) is 19.7 Å². The van der Waals surface area contributed by atoms with Gasteiger partial charge in [-0.3, -0.25) is 13.6 Å². The molecule has 41 heavy (non-hydrogen) atoms. The summed E-state index contributed by atoms with van der Waals surface area (Å²) in [5.74, 6) is 0.695. The molecule has 0 saturated heterocycles. The molecule has 0 saturated carbocycles. The van der Waals surface area contributed by atoms with Gasteiger partial charge in [-0.15, -0.1) is 0 Å². The largest absolute Gasteiger partial charge is 0.510 e. The molecule has 2 heterocycles. The minimum atomic E-state index is -4.09. The molecular formula is C24H40N5O11P. The van der Waals surface area contributed by atoms with E-state index in [2.05, 4.69) is 19.9 Å². The van der Waals surface area contributed by atoms with Gasteiger partial charge in [0.1, 0.15) is 12.7 Å². The van der Waals surface area contributed by atoms with Crippen molar-refractivity contribution in [3.63, 3.8) is 0 Å². The number of hydrogen-bond acceptors (Lipinski definition) is 15. The highest BCUT2D eigenvalue weighted by atomic mass is 31.2. The van der Waals surface area contributed by atoms with Gasteiger partial charge >= 0.3 is 19.9 Å². The van der Waals surface area contributed by atoms with E-state index >= 15 is 0 Å². The van der Waals surface area contributed by atoms with E-state index in [9.17, 15) is 19.3 Å². The van der Waals surface area contributed by atoms with Crippen LogP contribution in [0.25, 0.3) is 11.2 Å². The second-order valence-corrected chi connectivity index (χ2v) is 11.1. The Bertz CT molecular complexity index is 1110. The van der Waals surface area contributed by atoms with Crippen LogP contribution >= 0.6 is 7.60 Å². The third-order valence-electron chi connectivity index (χ3n) is 5.37. The smallest absolute Gasteiger partial charge is 0.432 e. The van der Waals surface area contributed by atoms with Crippen molar-refractivity contribution in [2.24, 2.45) is 0 Å². The normalized spacial score (nSPS) is 12.5. The van der Waals surface area contributed by atoms with Crippen LogP contribution in [-0.2, 0) is 37.3 Å². The molecule has 1 N–H and O–H groups in total. The van der Waals surface area contributed by atoms with Gasteiger partial charge in [0.2, 0.25) is 13.6 Å². The molecule has 1 atom stereocenters. The number of anilines is 1. The molecule has 0 radical (unpaired) electrons. The Balaban J connectivity index is 2.01. The van der Waals surface area contributed by atoms with Crippen molar-refractivity contribution in [3.8, 4) is 0 Å². The zero-order valence-corrected chi connectivity index (χ0v) is 25.2. The van der Waals surface area contributed by atoms with Crippen molar-refractivity contribution in [1.29, 1.82) is 0 Å². The molecule has 2 aromatic heterocycles. The quantitative estimate of drug-likeness (QED) is 0.112. The predicted molar refractivity (Wildman–Crippen MR) is 145 cm³/mol.